The fourth-order valence-electron chi connectivity index (χ4n) is 4.01. The van der Waals surface area contributed by atoms with Gasteiger partial charge in [0.05, 0.1) is 28.3 Å². The topological polar surface area (TPSA) is 85.4 Å². The van der Waals surface area contributed by atoms with Crippen molar-refractivity contribution in [3.63, 3.8) is 0 Å². The number of amides is 1. The highest BCUT2D eigenvalue weighted by Crippen LogP contribution is 2.39. The molecule has 4 rings (SSSR count). The minimum Gasteiger partial charge on any atom is -0.386 e. The summed E-state index contributed by atoms with van der Waals surface area (Å²) in [5.74, 6) is -0.424. The van der Waals surface area contributed by atoms with E-state index in [1.54, 1.807) is 21.0 Å². The van der Waals surface area contributed by atoms with Crippen molar-refractivity contribution < 1.29 is 14.6 Å². The normalized spacial score (nSPS) is 12.0. The zero-order valence-corrected chi connectivity index (χ0v) is 18.3. The van der Waals surface area contributed by atoms with E-state index in [1.807, 2.05) is 49.4 Å². The van der Waals surface area contributed by atoms with Crippen molar-refractivity contribution in [2.24, 2.45) is 5.73 Å². The van der Waals surface area contributed by atoms with Crippen LogP contribution in [0.15, 0.2) is 42.5 Å². The predicted octanol–water partition coefficient (Wildman–Crippen LogP) is 4.90. The largest absolute Gasteiger partial charge is 0.386 e. The number of nitrogens with two attached hydrogens (primary N) is 1. The number of carbonyl (C=O) groups excluding carboxylic acids is 1. The Kier molecular flexibility index (Phi) is 5.10. The molecule has 1 amide bonds. The molecule has 3 N–H and O–H groups in total. The van der Waals surface area contributed by atoms with Crippen LogP contribution in [-0.4, -0.2) is 23.1 Å². The fourth-order valence-corrected chi connectivity index (χ4v) is 5.10. The van der Waals surface area contributed by atoms with Crippen LogP contribution in [0.3, 0.4) is 0 Å². The Morgan fingerprint density at radius 3 is 2.63 bits per heavy atom. The van der Waals surface area contributed by atoms with Gasteiger partial charge in [-0.2, -0.15) is 0 Å². The minimum absolute atomic E-state index is 0.370. The molecule has 0 spiro atoms. The predicted molar refractivity (Wildman–Crippen MR) is 122 cm³/mol. The number of benzene rings is 2. The van der Waals surface area contributed by atoms with E-state index >= 15 is 0 Å². The van der Waals surface area contributed by atoms with Crippen LogP contribution in [0.4, 0.5) is 0 Å². The second kappa shape index (κ2) is 7.47. The highest BCUT2D eigenvalue weighted by Gasteiger charge is 2.23. The smallest absolute Gasteiger partial charge is 0.259 e. The molecule has 2 aromatic carbocycles. The number of primary amides is 1. The maximum absolute atomic E-state index is 11.9. The molecule has 4 aromatic rings. The van der Waals surface area contributed by atoms with Gasteiger partial charge in [-0.3, -0.25) is 4.79 Å². The molecule has 154 valence electrons. The molecule has 0 bridgehead atoms. The summed E-state index contributed by atoms with van der Waals surface area (Å²) in [6.07, 6.45) is 0. The maximum Gasteiger partial charge on any atom is 0.259 e. The number of fused-ring (bicyclic) bond motifs is 2. The first-order valence-electron chi connectivity index (χ1n) is 9.69. The summed E-state index contributed by atoms with van der Waals surface area (Å²) in [6.45, 7) is 5.84. The summed E-state index contributed by atoms with van der Waals surface area (Å²) >= 11 is 1.40. The minimum atomic E-state index is -1.03. The number of aryl methyl sites for hydroxylation is 1. The first-order chi connectivity index (χ1) is 14.2. The molecule has 0 fully saturated rings. The third-order valence-electron chi connectivity index (χ3n) is 5.37. The summed E-state index contributed by atoms with van der Waals surface area (Å²) in [7, 11) is 1.65. The number of aliphatic hydroxyl groups is 1. The average Bonchev–Trinajstić information content (AvgIpc) is 3.04. The van der Waals surface area contributed by atoms with Gasteiger partial charge in [0.1, 0.15) is 0 Å². The van der Waals surface area contributed by atoms with Crippen LogP contribution in [0.2, 0.25) is 0 Å². The van der Waals surface area contributed by atoms with Gasteiger partial charge in [0, 0.05) is 28.1 Å². The summed E-state index contributed by atoms with van der Waals surface area (Å²) in [6, 6.07) is 13.7. The lowest BCUT2D eigenvalue weighted by Gasteiger charge is -2.22. The van der Waals surface area contributed by atoms with Gasteiger partial charge in [0.25, 0.3) is 5.91 Å². The van der Waals surface area contributed by atoms with Gasteiger partial charge in [-0.15, -0.1) is 11.3 Å². The third-order valence-corrected chi connectivity index (χ3v) is 6.64. The number of thiophene rings is 1. The van der Waals surface area contributed by atoms with Gasteiger partial charge in [-0.25, -0.2) is 4.98 Å². The zero-order valence-electron chi connectivity index (χ0n) is 17.4. The van der Waals surface area contributed by atoms with E-state index < -0.39 is 11.5 Å². The number of hydrogen-bond acceptors (Lipinski definition) is 5. The molecule has 0 atom stereocenters. The molecule has 0 aliphatic heterocycles. The molecule has 6 heteroatoms. The molecule has 2 heterocycles. The molecule has 0 unspecified atom stereocenters. The Morgan fingerprint density at radius 1 is 1.23 bits per heavy atom. The number of methoxy groups -OCH3 is 1. The molecule has 2 aromatic heterocycles. The fraction of sp³-hybridized carbons (Fsp3) is 0.250. The van der Waals surface area contributed by atoms with Crippen molar-refractivity contribution in [2.75, 3.05) is 7.11 Å². The molecule has 0 aliphatic carbocycles. The lowest BCUT2D eigenvalue weighted by molar-refractivity contribution is 0.0801. The number of ether oxygens (including phenoxy) is 1. The van der Waals surface area contributed by atoms with Gasteiger partial charge >= 0.3 is 0 Å². The van der Waals surface area contributed by atoms with Gasteiger partial charge in [0.2, 0.25) is 0 Å². The van der Waals surface area contributed by atoms with Crippen LogP contribution in [0.25, 0.3) is 32.2 Å². The number of pyridine rings is 1. The van der Waals surface area contributed by atoms with Crippen molar-refractivity contribution in [1.29, 1.82) is 0 Å². The highest BCUT2D eigenvalue weighted by atomic mass is 32.1. The molecular formula is C24H24N2O3S. The van der Waals surface area contributed by atoms with Crippen LogP contribution in [-0.2, 0) is 16.9 Å². The van der Waals surface area contributed by atoms with E-state index in [2.05, 4.69) is 0 Å². The zero-order chi connectivity index (χ0) is 21.6. The van der Waals surface area contributed by atoms with E-state index in [4.69, 9.17) is 15.5 Å². The van der Waals surface area contributed by atoms with Crippen molar-refractivity contribution in [3.05, 3.63) is 64.0 Å². The summed E-state index contributed by atoms with van der Waals surface area (Å²) in [5.41, 5.74) is 9.67. The van der Waals surface area contributed by atoms with E-state index in [1.165, 1.54) is 11.3 Å². The number of hydrogen-bond donors (Lipinski definition) is 2. The second-order valence-electron chi connectivity index (χ2n) is 7.95. The Hall–Kier alpha value is -2.80. The first kappa shape index (κ1) is 20.5. The number of carbonyl (C=O) groups is 1. The van der Waals surface area contributed by atoms with Crippen LogP contribution in [0.1, 0.15) is 40.2 Å². The van der Waals surface area contributed by atoms with E-state index in [9.17, 15) is 9.90 Å². The highest BCUT2D eigenvalue weighted by molar-refractivity contribution is 7.21. The summed E-state index contributed by atoms with van der Waals surface area (Å²) in [4.78, 5) is 17.3. The molecule has 0 saturated carbocycles. The number of rotatable bonds is 5. The lowest BCUT2D eigenvalue weighted by atomic mass is 9.91. The maximum atomic E-state index is 11.9. The van der Waals surface area contributed by atoms with Crippen molar-refractivity contribution in [3.8, 4) is 11.3 Å². The molecule has 30 heavy (non-hydrogen) atoms. The van der Waals surface area contributed by atoms with Gasteiger partial charge in [-0.1, -0.05) is 24.3 Å². The Labute approximate surface area is 179 Å². The quantitative estimate of drug-likeness (QED) is 0.481. The van der Waals surface area contributed by atoms with Crippen molar-refractivity contribution >= 4 is 38.2 Å². The summed E-state index contributed by atoms with van der Waals surface area (Å²) < 4.78 is 6.51. The molecule has 0 radical (unpaired) electrons. The van der Waals surface area contributed by atoms with Crippen LogP contribution < -0.4 is 5.73 Å². The third kappa shape index (κ3) is 3.37. The lowest BCUT2D eigenvalue weighted by Crippen LogP contribution is -2.16. The van der Waals surface area contributed by atoms with Crippen LogP contribution >= 0.6 is 11.3 Å². The Balaban J connectivity index is 2.06. The monoisotopic (exact) mass is 420 g/mol. The Morgan fingerprint density at radius 2 is 1.97 bits per heavy atom. The van der Waals surface area contributed by atoms with Crippen LogP contribution in [0, 0.1) is 6.92 Å². The van der Waals surface area contributed by atoms with Gasteiger partial charge < -0.3 is 15.6 Å². The van der Waals surface area contributed by atoms with Crippen LogP contribution in [0.5, 0.6) is 0 Å². The van der Waals surface area contributed by atoms with E-state index in [-0.39, 0.29) is 0 Å². The number of aromatic nitrogens is 1. The molecular weight excluding hydrogens is 396 g/mol. The molecule has 0 aliphatic rings. The Bertz CT molecular complexity index is 1290. The number of nitrogens with zero attached hydrogens (tertiary/aromatic N) is 1. The second-order valence-corrected chi connectivity index (χ2v) is 9.00. The van der Waals surface area contributed by atoms with Crippen molar-refractivity contribution in [2.45, 2.75) is 33.0 Å². The van der Waals surface area contributed by atoms with Gasteiger partial charge in [0.15, 0.2) is 0 Å². The van der Waals surface area contributed by atoms with Crippen molar-refractivity contribution in [1.82, 2.24) is 4.98 Å². The number of para-hydroxylation sites is 1. The average molecular weight is 421 g/mol. The first-order valence-corrected chi connectivity index (χ1v) is 10.5. The van der Waals surface area contributed by atoms with E-state index in [0.29, 0.717) is 11.5 Å². The van der Waals surface area contributed by atoms with E-state index in [0.717, 1.165) is 48.9 Å². The summed E-state index contributed by atoms with van der Waals surface area (Å²) in [5, 5.41) is 12.7. The molecule has 5 nitrogen and oxygen atoms in total. The molecule has 0 saturated heterocycles. The SMILES string of the molecule is COCc1c(-c2cc(C(C)(C)O)c3ccccc3n2)ccc2sc(C(N)=O)c(C)c12. The van der Waals surface area contributed by atoms with Gasteiger partial charge in [-0.05, 0) is 55.7 Å². The standard InChI is InChI=1S/C24H24N2O3S/c1-13-21-16(12-29-4)14(9-10-20(21)30-22(13)23(25)27)19-11-17(24(2,3)28)15-7-5-6-8-18(15)26-19/h5-11,28H,12H2,1-4H3,(H2,25,27).